The van der Waals surface area contributed by atoms with Crippen molar-refractivity contribution in [3.63, 3.8) is 0 Å². The molecule has 0 bridgehead atoms. The van der Waals surface area contributed by atoms with Crippen LogP contribution >= 0.6 is 0 Å². The summed E-state index contributed by atoms with van der Waals surface area (Å²) in [5, 5.41) is 9.51. The largest absolute Gasteiger partial charge is 0.508 e. The summed E-state index contributed by atoms with van der Waals surface area (Å²) in [6.07, 6.45) is 1.35. The van der Waals surface area contributed by atoms with Crippen LogP contribution in [0.1, 0.15) is 47.1 Å². The van der Waals surface area contributed by atoms with Crippen molar-refractivity contribution in [2.75, 3.05) is 0 Å². The monoisotopic (exact) mass is 320 g/mol. The van der Waals surface area contributed by atoms with E-state index in [2.05, 4.69) is 0 Å². The highest BCUT2D eigenvalue weighted by molar-refractivity contribution is 6.17. The predicted molar refractivity (Wildman–Crippen MR) is 87.8 cm³/mol. The molecule has 0 unspecified atom stereocenters. The van der Waals surface area contributed by atoms with Crippen LogP contribution in [0.15, 0.2) is 29.8 Å². The first-order valence-electron chi connectivity index (χ1n) is 7.35. The molecule has 23 heavy (non-hydrogen) atoms. The van der Waals surface area contributed by atoms with Crippen molar-refractivity contribution in [1.29, 1.82) is 0 Å². The maximum Gasteiger partial charge on any atom is 0.346 e. The normalized spacial score (nSPS) is 11.6. The summed E-state index contributed by atoms with van der Waals surface area (Å²) in [4.78, 5) is 24.6. The third-order valence-electron chi connectivity index (χ3n) is 2.42. The molecule has 0 atom stereocenters. The molecular weight excluding hydrogens is 296 g/mol. The van der Waals surface area contributed by atoms with Gasteiger partial charge in [-0.15, -0.1) is 0 Å². The van der Waals surface area contributed by atoms with Crippen LogP contribution in [0.3, 0.4) is 0 Å². The number of benzene rings is 1. The Morgan fingerprint density at radius 1 is 0.957 bits per heavy atom. The summed E-state index contributed by atoms with van der Waals surface area (Å²) in [6.45, 7) is 10.3. The third-order valence-corrected chi connectivity index (χ3v) is 2.42. The number of aromatic hydroxyl groups is 1. The molecule has 0 aliphatic rings. The Balaban J connectivity index is 3.20. The Hall–Kier alpha value is -2.30. The molecular formula is C18H24O5. The van der Waals surface area contributed by atoms with Crippen molar-refractivity contribution in [2.24, 2.45) is 0 Å². The van der Waals surface area contributed by atoms with Gasteiger partial charge in [-0.1, -0.05) is 12.1 Å². The second-order valence-electron chi connectivity index (χ2n) is 7.16. The van der Waals surface area contributed by atoms with E-state index in [0.29, 0.717) is 5.56 Å². The van der Waals surface area contributed by atoms with Gasteiger partial charge in [-0.05, 0) is 65.3 Å². The minimum absolute atomic E-state index is 0.0338. The van der Waals surface area contributed by atoms with Crippen LogP contribution < -0.4 is 0 Å². The quantitative estimate of drug-likeness (QED) is 0.399. The number of rotatable bonds is 3. The van der Waals surface area contributed by atoms with Crippen LogP contribution in [0, 0.1) is 0 Å². The SMILES string of the molecule is CC(C)(C)OC(=O)C(=Cc1cccc(O)c1)C(=O)OC(C)(C)C. The second-order valence-corrected chi connectivity index (χ2v) is 7.16. The van der Waals surface area contributed by atoms with Crippen LogP contribution in [-0.2, 0) is 19.1 Å². The molecule has 0 aliphatic carbocycles. The lowest BCUT2D eigenvalue weighted by atomic mass is 10.1. The van der Waals surface area contributed by atoms with Gasteiger partial charge < -0.3 is 14.6 Å². The molecule has 0 aliphatic heterocycles. The summed E-state index contributed by atoms with van der Waals surface area (Å²) in [7, 11) is 0. The van der Waals surface area contributed by atoms with Crippen molar-refractivity contribution >= 4 is 18.0 Å². The number of hydrogen-bond donors (Lipinski definition) is 1. The van der Waals surface area contributed by atoms with Crippen LogP contribution in [0.25, 0.3) is 6.08 Å². The molecule has 0 aromatic heterocycles. The molecule has 0 saturated heterocycles. The summed E-state index contributed by atoms with van der Waals surface area (Å²) in [5.41, 5.74) is -1.20. The van der Waals surface area contributed by atoms with Gasteiger partial charge >= 0.3 is 11.9 Å². The Labute approximate surface area is 136 Å². The van der Waals surface area contributed by atoms with Gasteiger partial charge in [0.15, 0.2) is 0 Å². The fourth-order valence-corrected chi connectivity index (χ4v) is 1.65. The lowest BCUT2D eigenvalue weighted by Gasteiger charge is -2.23. The molecule has 0 fully saturated rings. The highest BCUT2D eigenvalue weighted by Gasteiger charge is 2.29. The molecule has 0 radical (unpaired) electrons. The first kappa shape index (κ1) is 18.7. The van der Waals surface area contributed by atoms with Gasteiger partial charge in [0.2, 0.25) is 0 Å². The van der Waals surface area contributed by atoms with E-state index in [1.807, 2.05) is 0 Å². The zero-order valence-electron chi connectivity index (χ0n) is 14.5. The molecule has 5 heteroatoms. The van der Waals surface area contributed by atoms with Crippen molar-refractivity contribution in [3.05, 3.63) is 35.4 Å². The summed E-state index contributed by atoms with van der Waals surface area (Å²) in [5.74, 6) is -1.50. The third kappa shape index (κ3) is 7.00. The molecule has 1 aromatic rings. The van der Waals surface area contributed by atoms with Crippen molar-refractivity contribution in [2.45, 2.75) is 52.7 Å². The van der Waals surface area contributed by atoms with E-state index in [4.69, 9.17) is 9.47 Å². The van der Waals surface area contributed by atoms with Gasteiger partial charge in [0.1, 0.15) is 22.5 Å². The van der Waals surface area contributed by atoms with Gasteiger partial charge in [0, 0.05) is 0 Å². The highest BCUT2D eigenvalue weighted by Crippen LogP contribution is 2.20. The topological polar surface area (TPSA) is 72.8 Å². The molecule has 5 nitrogen and oxygen atoms in total. The Bertz CT molecular complexity index is 585. The number of esters is 2. The number of hydrogen-bond acceptors (Lipinski definition) is 5. The fourth-order valence-electron chi connectivity index (χ4n) is 1.65. The minimum atomic E-state index is -0.768. The lowest BCUT2D eigenvalue weighted by molar-refractivity contribution is -0.158. The van der Waals surface area contributed by atoms with E-state index in [-0.39, 0.29) is 11.3 Å². The number of carbonyl (C=O) groups excluding carboxylic acids is 2. The zero-order valence-corrected chi connectivity index (χ0v) is 14.5. The first-order valence-corrected chi connectivity index (χ1v) is 7.35. The highest BCUT2D eigenvalue weighted by atomic mass is 16.6. The van der Waals surface area contributed by atoms with Crippen LogP contribution in [0.5, 0.6) is 5.75 Å². The summed E-state index contributed by atoms with van der Waals surface area (Å²) in [6, 6.07) is 6.21. The van der Waals surface area contributed by atoms with Crippen molar-refractivity contribution in [3.8, 4) is 5.75 Å². The maximum atomic E-state index is 12.3. The van der Waals surface area contributed by atoms with Gasteiger partial charge in [0.05, 0.1) is 0 Å². The molecule has 126 valence electrons. The molecule has 0 heterocycles. The molecule has 0 amide bonds. The Kier molecular flexibility index (Phi) is 5.59. The Morgan fingerprint density at radius 3 is 1.83 bits per heavy atom. The van der Waals surface area contributed by atoms with Crippen molar-refractivity contribution in [1.82, 2.24) is 0 Å². The van der Waals surface area contributed by atoms with Gasteiger partial charge in [-0.25, -0.2) is 9.59 Å². The molecule has 1 N–H and O–H groups in total. The predicted octanol–water partition coefficient (Wildman–Crippen LogP) is 3.46. The first-order chi connectivity index (χ1) is 10.4. The van der Waals surface area contributed by atoms with E-state index < -0.39 is 23.1 Å². The molecule has 1 aromatic carbocycles. The Morgan fingerprint density at radius 2 is 1.43 bits per heavy atom. The summed E-state index contributed by atoms with van der Waals surface area (Å²) >= 11 is 0. The van der Waals surface area contributed by atoms with Gasteiger partial charge in [-0.2, -0.15) is 0 Å². The standard InChI is InChI=1S/C18H24O5/c1-17(2,3)22-15(20)14(16(21)23-18(4,5)6)11-12-8-7-9-13(19)10-12/h7-11,19H,1-6H3. The molecule has 0 saturated carbocycles. The van der Waals surface area contributed by atoms with Crippen LogP contribution in [0.2, 0.25) is 0 Å². The van der Waals surface area contributed by atoms with E-state index in [0.717, 1.165) is 0 Å². The minimum Gasteiger partial charge on any atom is -0.508 e. The van der Waals surface area contributed by atoms with E-state index >= 15 is 0 Å². The van der Waals surface area contributed by atoms with Crippen LogP contribution in [-0.4, -0.2) is 28.2 Å². The summed E-state index contributed by atoms with van der Waals surface area (Å²) < 4.78 is 10.5. The van der Waals surface area contributed by atoms with Gasteiger partial charge in [0.25, 0.3) is 0 Å². The lowest BCUT2D eigenvalue weighted by Crippen LogP contribution is -2.31. The fraction of sp³-hybridized carbons (Fsp3) is 0.444. The van der Waals surface area contributed by atoms with Crippen molar-refractivity contribution < 1.29 is 24.2 Å². The number of ether oxygens (including phenoxy) is 2. The average Bonchev–Trinajstić information content (AvgIpc) is 2.31. The van der Waals surface area contributed by atoms with E-state index in [1.165, 1.54) is 18.2 Å². The second kappa shape index (κ2) is 6.86. The van der Waals surface area contributed by atoms with E-state index in [1.54, 1.807) is 53.7 Å². The number of phenols is 1. The smallest absolute Gasteiger partial charge is 0.346 e. The average molecular weight is 320 g/mol. The zero-order chi connectivity index (χ0) is 17.8. The number of carbonyl (C=O) groups is 2. The van der Waals surface area contributed by atoms with E-state index in [9.17, 15) is 14.7 Å². The van der Waals surface area contributed by atoms with Gasteiger partial charge in [-0.3, -0.25) is 0 Å². The molecule has 1 rings (SSSR count). The number of phenolic OH excluding ortho intramolecular Hbond substituents is 1. The molecule has 0 spiro atoms. The van der Waals surface area contributed by atoms with Crippen LogP contribution in [0.4, 0.5) is 0 Å². The maximum absolute atomic E-state index is 12.3.